The Morgan fingerprint density at radius 2 is 1.32 bits per heavy atom. The van der Waals surface area contributed by atoms with Crippen LogP contribution in [0.2, 0.25) is 0 Å². The fourth-order valence-corrected chi connectivity index (χ4v) is 3.54. The summed E-state index contributed by atoms with van der Waals surface area (Å²) in [6, 6.07) is 19.4. The van der Waals surface area contributed by atoms with E-state index in [1.54, 1.807) is 12.1 Å². The van der Waals surface area contributed by atoms with Crippen molar-refractivity contribution in [2.45, 2.75) is 23.6 Å². The second-order valence-corrected chi connectivity index (χ2v) is 7.48. The standard InChI is InChI=1S/C21H19N3O3S/c1-14-11-15(2)13-17(12-14)23-21(25)22-16-3-7-19(8-4-16)28-20-9-5-18(6-10-20)24(26)27/h3-13H,1-2H3,(H2,22,23,25). The van der Waals surface area contributed by atoms with Crippen molar-refractivity contribution < 1.29 is 9.72 Å². The summed E-state index contributed by atoms with van der Waals surface area (Å²) in [5, 5.41) is 16.3. The predicted molar refractivity (Wildman–Crippen MR) is 112 cm³/mol. The van der Waals surface area contributed by atoms with E-state index in [2.05, 4.69) is 10.6 Å². The van der Waals surface area contributed by atoms with E-state index in [4.69, 9.17) is 0 Å². The van der Waals surface area contributed by atoms with E-state index >= 15 is 0 Å². The van der Waals surface area contributed by atoms with Crippen LogP contribution in [0.15, 0.2) is 76.5 Å². The van der Waals surface area contributed by atoms with Gasteiger partial charge in [-0.25, -0.2) is 4.79 Å². The Balaban J connectivity index is 1.59. The highest BCUT2D eigenvalue weighted by molar-refractivity contribution is 7.99. The van der Waals surface area contributed by atoms with Gasteiger partial charge in [-0.15, -0.1) is 0 Å². The zero-order valence-corrected chi connectivity index (χ0v) is 16.2. The first kappa shape index (κ1) is 19.4. The number of urea groups is 1. The number of nitro groups is 1. The summed E-state index contributed by atoms with van der Waals surface area (Å²) in [7, 11) is 0. The molecule has 0 bridgehead atoms. The van der Waals surface area contributed by atoms with Crippen LogP contribution in [0.25, 0.3) is 0 Å². The van der Waals surface area contributed by atoms with E-state index in [1.807, 2.05) is 56.3 Å². The number of nitrogens with zero attached hydrogens (tertiary/aromatic N) is 1. The van der Waals surface area contributed by atoms with Gasteiger partial charge in [0.05, 0.1) is 4.92 Å². The van der Waals surface area contributed by atoms with Crippen molar-refractivity contribution in [2.75, 3.05) is 10.6 Å². The van der Waals surface area contributed by atoms with Gasteiger partial charge < -0.3 is 10.6 Å². The van der Waals surface area contributed by atoms with Gasteiger partial charge in [-0.05, 0) is 73.5 Å². The molecule has 0 spiro atoms. The van der Waals surface area contributed by atoms with Crippen LogP contribution in [0.1, 0.15) is 11.1 Å². The SMILES string of the molecule is Cc1cc(C)cc(NC(=O)Nc2ccc(Sc3ccc([N+](=O)[O-])cc3)cc2)c1. The van der Waals surface area contributed by atoms with Gasteiger partial charge in [0.15, 0.2) is 0 Å². The lowest BCUT2D eigenvalue weighted by Gasteiger charge is -2.10. The Bertz CT molecular complexity index is 982. The molecule has 3 rings (SSSR count). The maximum absolute atomic E-state index is 12.2. The number of carbonyl (C=O) groups is 1. The smallest absolute Gasteiger partial charge is 0.308 e. The third-order valence-corrected chi connectivity index (χ3v) is 4.89. The molecule has 0 aromatic heterocycles. The molecule has 28 heavy (non-hydrogen) atoms. The Labute approximate surface area is 167 Å². The molecular weight excluding hydrogens is 374 g/mol. The van der Waals surface area contributed by atoms with E-state index in [0.29, 0.717) is 5.69 Å². The third kappa shape index (κ3) is 5.34. The number of non-ortho nitro benzene ring substituents is 1. The molecule has 142 valence electrons. The molecule has 6 nitrogen and oxygen atoms in total. The van der Waals surface area contributed by atoms with Crippen molar-refractivity contribution in [3.05, 3.63) is 88.0 Å². The van der Waals surface area contributed by atoms with E-state index < -0.39 is 4.92 Å². The molecule has 7 heteroatoms. The van der Waals surface area contributed by atoms with E-state index in [1.165, 1.54) is 23.9 Å². The molecule has 2 amide bonds. The molecule has 0 saturated heterocycles. The van der Waals surface area contributed by atoms with Crippen LogP contribution < -0.4 is 10.6 Å². The first-order chi connectivity index (χ1) is 13.4. The number of amides is 2. The van der Waals surface area contributed by atoms with Gasteiger partial charge in [-0.2, -0.15) is 0 Å². The minimum Gasteiger partial charge on any atom is -0.308 e. The Hall–Kier alpha value is -3.32. The van der Waals surface area contributed by atoms with Gasteiger partial charge in [0.2, 0.25) is 0 Å². The lowest BCUT2D eigenvalue weighted by molar-refractivity contribution is -0.384. The molecule has 0 heterocycles. The predicted octanol–water partition coefficient (Wildman–Crippen LogP) is 6.01. The zero-order chi connectivity index (χ0) is 20.1. The summed E-state index contributed by atoms with van der Waals surface area (Å²) in [6.45, 7) is 3.97. The number of aryl methyl sites for hydroxylation is 2. The van der Waals surface area contributed by atoms with E-state index in [-0.39, 0.29) is 11.7 Å². The number of benzene rings is 3. The normalized spacial score (nSPS) is 10.4. The lowest BCUT2D eigenvalue weighted by Crippen LogP contribution is -2.19. The third-order valence-electron chi connectivity index (χ3n) is 3.87. The number of carbonyl (C=O) groups excluding carboxylic acids is 1. The fraction of sp³-hybridized carbons (Fsp3) is 0.0952. The van der Waals surface area contributed by atoms with Crippen LogP contribution in [0, 0.1) is 24.0 Å². The van der Waals surface area contributed by atoms with Crippen LogP contribution in [-0.4, -0.2) is 11.0 Å². The first-order valence-electron chi connectivity index (χ1n) is 8.58. The Morgan fingerprint density at radius 3 is 1.86 bits per heavy atom. The highest BCUT2D eigenvalue weighted by atomic mass is 32.2. The van der Waals surface area contributed by atoms with Crippen molar-refractivity contribution in [1.82, 2.24) is 0 Å². The van der Waals surface area contributed by atoms with Crippen molar-refractivity contribution in [3.8, 4) is 0 Å². The van der Waals surface area contributed by atoms with Gasteiger partial charge in [-0.1, -0.05) is 17.8 Å². The van der Waals surface area contributed by atoms with E-state index in [0.717, 1.165) is 26.6 Å². The minimum absolute atomic E-state index is 0.0683. The second-order valence-electron chi connectivity index (χ2n) is 6.33. The maximum Gasteiger partial charge on any atom is 0.323 e. The quantitative estimate of drug-likeness (QED) is 0.411. The number of rotatable bonds is 5. The van der Waals surface area contributed by atoms with Crippen molar-refractivity contribution >= 4 is 34.9 Å². The van der Waals surface area contributed by atoms with Crippen LogP contribution in [0.4, 0.5) is 21.9 Å². The van der Waals surface area contributed by atoms with Crippen molar-refractivity contribution in [2.24, 2.45) is 0 Å². The van der Waals surface area contributed by atoms with E-state index in [9.17, 15) is 14.9 Å². The summed E-state index contributed by atoms with van der Waals surface area (Å²) in [6.07, 6.45) is 0. The Kier molecular flexibility index (Phi) is 5.96. The highest BCUT2D eigenvalue weighted by Gasteiger charge is 2.06. The molecule has 2 N–H and O–H groups in total. The molecule has 0 unspecified atom stereocenters. The monoisotopic (exact) mass is 393 g/mol. The molecule has 0 aliphatic carbocycles. The average Bonchev–Trinajstić information content (AvgIpc) is 2.63. The van der Waals surface area contributed by atoms with Gasteiger partial charge in [0.25, 0.3) is 5.69 Å². The molecule has 0 fully saturated rings. The van der Waals surface area contributed by atoms with Gasteiger partial charge in [-0.3, -0.25) is 10.1 Å². The number of hydrogen-bond donors (Lipinski definition) is 2. The molecule has 0 atom stereocenters. The van der Waals surface area contributed by atoms with Gasteiger partial charge in [0.1, 0.15) is 0 Å². The Morgan fingerprint density at radius 1 is 0.821 bits per heavy atom. The number of anilines is 2. The van der Waals surface area contributed by atoms with Crippen LogP contribution in [0.3, 0.4) is 0 Å². The molecule has 0 saturated carbocycles. The maximum atomic E-state index is 12.2. The van der Waals surface area contributed by atoms with Gasteiger partial charge >= 0.3 is 6.03 Å². The summed E-state index contributed by atoms with van der Waals surface area (Å²) in [4.78, 5) is 24.3. The number of nitro benzene ring substituents is 1. The van der Waals surface area contributed by atoms with Crippen LogP contribution in [0.5, 0.6) is 0 Å². The van der Waals surface area contributed by atoms with Crippen molar-refractivity contribution in [1.29, 1.82) is 0 Å². The largest absolute Gasteiger partial charge is 0.323 e. The zero-order valence-electron chi connectivity index (χ0n) is 15.4. The molecule has 0 aliphatic rings. The molecule has 0 aliphatic heterocycles. The lowest BCUT2D eigenvalue weighted by atomic mass is 10.1. The topological polar surface area (TPSA) is 84.3 Å². The average molecular weight is 393 g/mol. The first-order valence-corrected chi connectivity index (χ1v) is 9.39. The van der Waals surface area contributed by atoms with Crippen molar-refractivity contribution in [3.63, 3.8) is 0 Å². The minimum atomic E-state index is -0.419. The van der Waals surface area contributed by atoms with Gasteiger partial charge in [0, 0.05) is 33.3 Å². The molecule has 3 aromatic carbocycles. The summed E-state index contributed by atoms with van der Waals surface area (Å²) in [5.74, 6) is 0. The summed E-state index contributed by atoms with van der Waals surface area (Å²) >= 11 is 1.49. The van der Waals surface area contributed by atoms with Crippen LogP contribution >= 0.6 is 11.8 Å². The summed E-state index contributed by atoms with van der Waals surface area (Å²) in [5.41, 5.74) is 3.67. The molecule has 0 radical (unpaired) electrons. The fourth-order valence-electron chi connectivity index (χ4n) is 2.72. The number of hydrogen-bond acceptors (Lipinski definition) is 4. The number of nitrogens with one attached hydrogen (secondary N) is 2. The second kappa shape index (κ2) is 8.58. The molecule has 3 aromatic rings. The van der Waals surface area contributed by atoms with Crippen LogP contribution in [-0.2, 0) is 0 Å². The summed E-state index contributed by atoms with van der Waals surface area (Å²) < 4.78 is 0. The molecular formula is C21H19N3O3S. The highest BCUT2D eigenvalue weighted by Crippen LogP contribution is 2.29.